The number of hydrogen-bond acceptors (Lipinski definition) is 3. The number of anilines is 2. The molecule has 2 aromatic carbocycles. The van der Waals surface area contributed by atoms with E-state index in [1.165, 1.54) is 18.2 Å². The largest absolute Gasteiger partial charge is 0.337 e. The van der Waals surface area contributed by atoms with E-state index in [1.54, 1.807) is 18.2 Å². The van der Waals surface area contributed by atoms with Crippen LogP contribution in [0.5, 0.6) is 0 Å². The fourth-order valence-electron chi connectivity index (χ4n) is 4.36. The van der Waals surface area contributed by atoms with Crippen LogP contribution in [0.2, 0.25) is 0 Å². The van der Waals surface area contributed by atoms with Gasteiger partial charge >= 0.3 is 0 Å². The van der Waals surface area contributed by atoms with E-state index in [0.29, 0.717) is 6.42 Å². The SMILES string of the molecule is N#CCCCN1CCC2C(C1)c1cc(F)ccc1N2c1ccc(F)cc1. The van der Waals surface area contributed by atoms with Crippen molar-refractivity contribution in [2.45, 2.75) is 31.2 Å². The van der Waals surface area contributed by atoms with E-state index < -0.39 is 0 Å². The highest BCUT2D eigenvalue weighted by Gasteiger charge is 2.42. The molecule has 0 aliphatic carbocycles. The molecular weight excluding hydrogens is 332 g/mol. The minimum absolute atomic E-state index is 0.218. The van der Waals surface area contributed by atoms with Crippen molar-refractivity contribution in [3.05, 3.63) is 59.7 Å². The van der Waals surface area contributed by atoms with Gasteiger partial charge in [-0.05, 0) is 67.4 Å². The van der Waals surface area contributed by atoms with E-state index in [1.807, 2.05) is 6.07 Å². The zero-order valence-corrected chi connectivity index (χ0v) is 14.5. The van der Waals surface area contributed by atoms with Gasteiger partial charge in [-0.1, -0.05) is 0 Å². The van der Waals surface area contributed by atoms with Gasteiger partial charge in [-0.25, -0.2) is 8.78 Å². The maximum absolute atomic E-state index is 13.9. The molecule has 134 valence electrons. The van der Waals surface area contributed by atoms with Crippen LogP contribution in [0.1, 0.15) is 30.7 Å². The second kappa shape index (κ2) is 7.05. The number of likely N-dealkylation sites (tertiary alicyclic amines) is 1. The standard InChI is InChI=1S/C21H21F2N3/c22-15-3-6-17(7-4-15)26-20-8-5-16(23)13-18(20)19-14-25(11-2-1-10-24)12-9-21(19)26/h3-8,13,19,21H,1-2,9,11-12,14H2. The predicted molar refractivity (Wildman–Crippen MR) is 97.4 cm³/mol. The summed E-state index contributed by atoms with van der Waals surface area (Å²) in [4.78, 5) is 4.62. The molecule has 1 fully saturated rings. The van der Waals surface area contributed by atoms with Gasteiger partial charge in [0.2, 0.25) is 0 Å². The van der Waals surface area contributed by atoms with Crippen molar-refractivity contribution in [3.63, 3.8) is 0 Å². The molecule has 0 amide bonds. The van der Waals surface area contributed by atoms with Crippen molar-refractivity contribution in [3.8, 4) is 6.07 Å². The first kappa shape index (κ1) is 17.0. The quantitative estimate of drug-likeness (QED) is 0.754. The van der Waals surface area contributed by atoms with Crippen molar-refractivity contribution < 1.29 is 8.78 Å². The lowest BCUT2D eigenvalue weighted by Crippen LogP contribution is -2.45. The molecule has 2 atom stereocenters. The van der Waals surface area contributed by atoms with Gasteiger partial charge in [0.15, 0.2) is 0 Å². The van der Waals surface area contributed by atoms with Crippen LogP contribution in [0.3, 0.4) is 0 Å². The van der Waals surface area contributed by atoms with Gasteiger partial charge in [0.05, 0.1) is 6.07 Å². The summed E-state index contributed by atoms with van der Waals surface area (Å²) in [7, 11) is 0. The fraction of sp³-hybridized carbons (Fsp3) is 0.381. The Morgan fingerprint density at radius 1 is 1.08 bits per heavy atom. The molecule has 2 aliphatic rings. The molecule has 2 aromatic rings. The molecule has 0 aromatic heterocycles. The molecule has 2 heterocycles. The fourth-order valence-corrected chi connectivity index (χ4v) is 4.36. The van der Waals surface area contributed by atoms with Crippen molar-refractivity contribution in [2.24, 2.45) is 0 Å². The Kier molecular flexibility index (Phi) is 4.60. The molecule has 0 spiro atoms. The minimum Gasteiger partial charge on any atom is -0.337 e. The zero-order chi connectivity index (χ0) is 18.1. The predicted octanol–water partition coefficient (Wildman–Crippen LogP) is 4.58. The lowest BCUT2D eigenvalue weighted by Gasteiger charge is -2.39. The number of nitriles is 1. The number of fused-ring (bicyclic) bond motifs is 3. The molecule has 2 aliphatic heterocycles. The van der Waals surface area contributed by atoms with E-state index in [2.05, 4.69) is 15.9 Å². The van der Waals surface area contributed by atoms with Crippen LogP contribution in [0.4, 0.5) is 20.2 Å². The number of halogens is 2. The maximum Gasteiger partial charge on any atom is 0.123 e. The minimum atomic E-state index is -0.254. The summed E-state index contributed by atoms with van der Waals surface area (Å²) in [5.41, 5.74) is 3.00. The second-order valence-corrected chi connectivity index (χ2v) is 7.07. The molecule has 0 bridgehead atoms. The molecule has 26 heavy (non-hydrogen) atoms. The van der Waals surface area contributed by atoms with E-state index in [9.17, 15) is 8.78 Å². The monoisotopic (exact) mass is 353 g/mol. The van der Waals surface area contributed by atoms with Gasteiger partial charge in [0.1, 0.15) is 11.6 Å². The number of benzene rings is 2. The number of hydrogen-bond donors (Lipinski definition) is 0. The van der Waals surface area contributed by atoms with Crippen LogP contribution >= 0.6 is 0 Å². The first-order chi connectivity index (χ1) is 12.7. The molecule has 0 saturated carbocycles. The highest BCUT2D eigenvalue weighted by molar-refractivity contribution is 5.73. The van der Waals surface area contributed by atoms with Gasteiger partial charge in [0.25, 0.3) is 0 Å². The van der Waals surface area contributed by atoms with Gasteiger partial charge in [0, 0.05) is 42.8 Å². The first-order valence-corrected chi connectivity index (χ1v) is 9.11. The molecular formula is C21H21F2N3. The zero-order valence-electron chi connectivity index (χ0n) is 14.5. The summed E-state index contributed by atoms with van der Waals surface area (Å²) < 4.78 is 27.3. The average molecular weight is 353 g/mol. The summed E-state index contributed by atoms with van der Waals surface area (Å²) in [6.07, 6.45) is 2.40. The first-order valence-electron chi connectivity index (χ1n) is 9.11. The molecule has 0 N–H and O–H groups in total. The van der Waals surface area contributed by atoms with E-state index >= 15 is 0 Å². The molecule has 0 radical (unpaired) electrons. The highest BCUT2D eigenvalue weighted by atomic mass is 19.1. The summed E-state index contributed by atoms with van der Waals surface area (Å²) in [6.45, 7) is 2.73. The Balaban J connectivity index is 1.65. The Morgan fingerprint density at radius 3 is 2.62 bits per heavy atom. The van der Waals surface area contributed by atoms with Gasteiger partial charge in [-0.3, -0.25) is 0 Å². The van der Waals surface area contributed by atoms with Crippen LogP contribution in [-0.4, -0.2) is 30.6 Å². The lowest BCUT2D eigenvalue weighted by molar-refractivity contribution is 0.195. The number of rotatable bonds is 4. The average Bonchev–Trinajstić information content (AvgIpc) is 2.96. The maximum atomic E-state index is 13.9. The number of piperidine rings is 1. The highest BCUT2D eigenvalue weighted by Crippen LogP contribution is 2.48. The summed E-state index contributed by atoms with van der Waals surface area (Å²) >= 11 is 0. The van der Waals surface area contributed by atoms with Crippen LogP contribution in [0.15, 0.2) is 42.5 Å². The summed E-state index contributed by atoms with van der Waals surface area (Å²) in [5.74, 6) is -0.247. The Morgan fingerprint density at radius 2 is 1.85 bits per heavy atom. The van der Waals surface area contributed by atoms with E-state index in [-0.39, 0.29) is 23.6 Å². The van der Waals surface area contributed by atoms with E-state index in [4.69, 9.17) is 5.26 Å². The van der Waals surface area contributed by atoms with Gasteiger partial charge < -0.3 is 9.80 Å². The summed E-state index contributed by atoms with van der Waals surface area (Å²) in [5, 5.41) is 8.74. The van der Waals surface area contributed by atoms with Crippen molar-refractivity contribution >= 4 is 11.4 Å². The second-order valence-electron chi connectivity index (χ2n) is 7.07. The Labute approximate surface area is 152 Å². The lowest BCUT2D eigenvalue weighted by atomic mass is 9.89. The van der Waals surface area contributed by atoms with Crippen molar-refractivity contribution in [2.75, 3.05) is 24.5 Å². The third-order valence-corrected chi connectivity index (χ3v) is 5.51. The van der Waals surface area contributed by atoms with Gasteiger partial charge in [-0.2, -0.15) is 5.26 Å². The van der Waals surface area contributed by atoms with Gasteiger partial charge in [-0.15, -0.1) is 0 Å². The Hall–Kier alpha value is -2.45. The van der Waals surface area contributed by atoms with E-state index in [0.717, 1.165) is 49.4 Å². The van der Waals surface area contributed by atoms with Crippen LogP contribution in [-0.2, 0) is 0 Å². The van der Waals surface area contributed by atoms with Crippen LogP contribution < -0.4 is 4.90 Å². The van der Waals surface area contributed by atoms with Crippen molar-refractivity contribution in [1.29, 1.82) is 5.26 Å². The van der Waals surface area contributed by atoms with Crippen molar-refractivity contribution in [1.82, 2.24) is 4.90 Å². The van der Waals surface area contributed by atoms with Crippen LogP contribution in [0.25, 0.3) is 0 Å². The third kappa shape index (κ3) is 3.06. The molecule has 4 rings (SSSR count). The normalized spacial score (nSPS) is 22.0. The summed E-state index contributed by atoms with van der Waals surface area (Å²) in [6, 6.07) is 14.0. The molecule has 3 nitrogen and oxygen atoms in total. The molecule has 2 unspecified atom stereocenters. The molecule has 5 heteroatoms. The number of nitrogens with zero attached hydrogens (tertiary/aromatic N) is 3. The molecule has 1 saturated heterocycles. The number of unbranched alkanes of at least 4 members (excludes halogenated alkanes) is 1. The smallest absolute Gasteiger partial charge is 0.123 e. The third-order valence-electron chi connectivity index (χ3n) is 5.51. The van der Waals surface area contributed by atoms with Crippen LogP contribution in [0, 0.1) is 23.0 Å². The Bertz CT molecular complexity index is 828. The topological polar surface area (TPSA) is 30.3 Å².